The Bertz CT molecular complexity index is 1090. The van der Waals surface area contributed by atoms with Crippen LogP contribution in [0.5, 0.6) is 5.75 Å². The highest BCUT2D eigenvalue weighted by atomic mass is 16.5. The summed E-state index contributed by atoms with van der Waals surface area (Å²) in [6.45, 7) is 9.67. The summed E-state index contributed by atoms with van der Waals surface area (Å²) in [5.74, 6) is 0.306. The largest absolute Gasteiger partial charge is 0.492 e. The summed E-state index contributed by atoms with van der Waals surface area (Å²) in [4.78, 5) is 30.5. The van der Waals surface area contributed by atoms with Crippen LogP contribution >= 0.6 is 0 Å². The van der Waals surface area contributed by atoms with Crippen LogP contribution in [-0.2, 0) is 24.2 Å². The summed E-state index contributed by atoms with van der Waals surface area (Å²) >= 11 is 0. The molecule has 1 saturated heterocycles. The number of likely N-dealkylation sites (tertiary alicyclic amines) is 1. The first-order valence-electron chi connectivity index (χ1n) is 12.3. The highest BCUT2D eigenvalue weighted by Crippen LogP contribution is 2.26. The van der Waals surface area contributed by atoms with Gasteiger partial charge in [0.05, 0.1) is 13.7 Å². The fraction of sp³-hybridized carbons (Fsp3) is 0.556. The first-order valence-corrected chi connectivity index (χ1v) is 12.3. The summed E-state index contributed by atoms with van der Waals surface area (Å²) in [5, 5.41) is 0. The molecule has 0 amide bonds. The maximum atomic E-state index is 13.1. The molecular formula is C27H37N3O4. The van der Waals surface area contributed by atoms with Crippen LogP contribution in [0.4, 0.5) is 0 Å². The van der Waals surface area contributed by atoms with Crippen LogP contribution in [0, 0.1) is 19.8 Å². The zero-order chi connectivity index (χ0) is 24.2. The van der Waals surface area contributed by atoms with Gasteiger partial charge in [-0.2, -0.15) is 0 Å². The number of fused-ring (bicyclic) bond motifs is 1. The maximum absolute atomic E-state index is 13.1. The minimum absolute atomic E-state index is 0.119. The molecule has 4 rings (SSSR count). The number of carbonyl (C=O) groups excluding carboxylic acids is 1. The second-order valence-corrected chi connectivity index (χ2v) is 9.84. The molecule has 2 aliphatic rings. The van der Waals surface area contributed by atoms with Gasteiger partial charge in [0.1, 0.15) is 11.3 Å². The van der Waals surface area contributed by atoms with Crippen LogP contribution in [0.1, 0.15) is 45.6 Å². The lowest BCUT2D eigenvalue weighted by molar-refractivity contribution is 0.0590. The van der Waals surface area contributed by atoms with E-state index in [0.29, 0.717) is 36.8 Å². The number of aryl methyl sites for hydroxylation is 2. The molecular weight excluding hydrogens is 430 g/mol. The van der Waals surface area contributed by atoms with Crippen LogP contribution in [0.2, 0.25) is 0 Å². The minimum atomic E-state index is -0.442. The fourth-order valence-electron chi connectivity index (χ4n) is 5.16. The molecule has 1 aromatic carbocycles. The molecule has 1 aromatic heterocycles. The number of piperidine rings is 1. The highest BCUT2D eigenvalue weighted by Gasteiger charge is 2.27. The lowest BCUT2D eigenvalue weighted by atomic mass is 9.99. The number of hydrogen-bond acceptors (Lipinski definition) is 6. The summed E-state index contributed by atoms with van der Waals surface area (Å²) in [5.41, 5.74) is 4.83. The van der Waals surface area contributed by atoms with Crippen molar-refractivity contribution in [3.05, 3.63) is 62.6 Å². The first-order chi connectivity index (χ1) is 16.4. The van der Waals surface area contributed by atoms with Crippen LogP contribution in [0.3, 0.4) is 0 Å². The average molecular weight is 468 g/mol. The first kappa shape index (κ1) is 24.5. The van der Waals surface area contributed by atoms with Crippen molar-refractivity contribution >= 4 is 5.97 Å². The Hall–Kier alpha value is -2.64. The van der Waals surface area contributed by atoms with Crippen molar-refractivity contribution in [3.8, 4) is 5.75 Å². The smallest absolute Gasteiger partial charge is 0.343 e. The van der Waals surface area contributed by atoms with Gasteiger partial charge in [-0.05, 0) is 57.0 Å². The molecule has 7 heteroatoms. The molecule has 1 fully saturated rings. The van der Waals surface area contributed by atoms with E-state index in [1.165, 1.54) is 29.9 Å². The predicted molar refractivity (Wildman–Crippen MR) is 133 cm³/mol. The second kappa shape index (κ2) is 10.7. The van der Waals surface area contributed by atoms with Crippen molar-refractivity contribution in [2.24, 2.45) is 5.92 Å². The van der Waals surface area contributed by atoms with Crippen LogP contribution < -0.4 is 10.3 Å². The molecule has 0 aliphatic carbocycles. The Morgan fingerprint density at radius 2 is 1.91 bits per heavy atom. The van der Waals surface area contributed by atoms with Crippen LogP contribution in [0.15, 0.2) is 29.1 Å². The molecule has 34 heavy (non-hydrogen) atoms. The standard InChI is InChI=1S/C27H37N3O4/c1-19-7-8-21(14-20(19)2)17-29-11-9-23-26(27(32)33-4)24(15-25(31)30(23)13-12-29)34-18-22-6-5-10-28(3)16-22/h7-8,14-15,22H,5-6,9-13,16-18H2,1-4H3. The molecule has 3 heterocycles. The molecule has 2 aromatic rings. The van der Waals surface area contributed by atoms with Gasteiger partial charge in [0, 0.05) is 56.8 Å². The van der Waals surface area contributed by atoms with Gasteiger partial charge >= 0.3 is 5.97 Å². The topological polar surface area (TPSA) is 64.0 Å². The van der Waals surface area contributed by atoms with E-state index in [1.54, 1.807) is 4.57 Å². The molecule has 2 aliphatic heterocycles. The molecule has 184 valence electrons. The van der Waals surface area contributed by atoms with Gasteiger partial charge in [0.2, 0.25) is 0 Å². The number of carbonyl (C=O) groups is 1. The van der Waals surface area contributed by atoms with Crippen LogP contribution in [-0.4, -0.2) is 67.3 Å². The van der Waals surface area contributed by atoms with E-state index >= 15 is 0 Å². The number of esters is 1. The van der Waals surface area contributed by atoms with Gasteiger partial charge in [-0.25, -0.2) is 4.79 Å². The van der Waals surface area contributed by atoms with E-state index in [9.17, 15) is 9.59 Å². The quantitative estimate of drug-likeness (QED) is 0.609. The van der Waals surface area contributed by atoms with Gasteiger partial charge in [-0.1, -0.05) is 18.2 Å². The third kappa shape index (κ3) is 5.53. The number of pyridine rings is 1. The monoisotopic (exact) mass is 467 g/mol. The predicted octanol–water partition coefficient (Wildman–Crippen LogP) is 3.03. The third-order valence-electron chi connectivity index (χ3n) is 7.25. The zero-order valence-corrected chi connectivity index (χ0v) is 20.9. The Labute approximate surface area is 202 Å². The van der Waals surface area contributed by atoms with Gasteiger partial charge in [-0.15, -0.1) is 0 Å². The van der Waals surface area contributed by atoms with E-state index in [2.05, 4.69) is 48.9 Å². The van der Waals surface area contributed by atoms with Crippen LogP contribution in [0.25, 0.3) is 0 Å². The van der Waals surface area contributed by atoms with Crippen molar-refractivity contribution in [1.82, 2.24) is 14.4 Å². The van der Waals surface area contributed by atoms with Gasteiger partial charge in [-0.3, -0.25) is 9.69 Å². The van der Waals surface area contributed by atoms with Crippen molar-refractivity contribution in [2.75, 3.05) is 46.9 Å². The van der Waals surface area contributed by atoms with E-state index in [-0.39, 0.29) is 5.56 Å². The van der Waals surface area contributed by atoms with Crippen molar-refractivity contribution in [1.29, 1.82) is 0 Å². The Morgan fingerprint density at radius 3 is 2.65 bits per heavy atom. The van der Waals surface area contributed by atoms with Gasteiger partial charge < -0.3 is 18.9 Å². The molecule has 0 N–H and O–H groups in total. The molecule has 1 atom stereocenters. The summed E-state index contributed by atoms with van der Waals surface area (Å²) < 4.78 is 13.0. The molecule has 0 saturated carbocycles. The van der Waals surface area contributed by atoms with E-state index in [4.69, 9.17) is 9.47 Å². The second-order valence-electron chi connectivity index (χ2n) is 9.84. The van der Waals surface area contributed by atoms with Gasteiger partial charge in [0.15, 0.2) is 0 Å². The highest BCUT2D eigenvalue weighted by molar-refractivity contribution is 5.93. The molecule has 0 radical (unpaired) electrons. The Balaban J connectivity index is 1.55. The molecule has 0 bridgehead atoms. The number of nitrogens with zero attached hydrogens (tertiary/aromatic N) is 3. The fourth-order valence-corrected chi connectivity index (χ4v) is 5.16. The number of benzene rings is 1. The number of rotatable bonds is 6. The van der Waals surface area contributed by atoms with E-state index in [0.717, 1.165) is 51.3 Å². The van der Waals surface area contributed by atoms with E-state index in [1.807, 2.05) is 0 Å². The normalized spacial score (nSPS) is 19.4. The SMILES string of the molecule is COC(=O)c1c(OCC2CCCN(C)C2)cc(=O)n2c1CCN(Cc1ccc(C)c(C)c1)CC2. The summed E-state index contributed by atoms with van der Waals surface area (Å²) in [6, 6.07) is 8.03. The maximum Gasteiger partial charge on any atom is 0.343 e. The number of ether oxygens (including phenoxy) is 2. The molecule has 7 nitrogen and oxygen atoms in total. The van der Waals surface area contributed by atoms with Gasteiger partial charge in [0.25, 0.3) is 5.56 Å². The van der Waals surface area contributed by atoms with Crippen molar-refractivity contribution in [3.63, 3.8) is 0 Å². The summed E-state index contributed by atoms with van der Waals surface area (Å²) in [7, 11) is 3.50. The zero-order valence-electron chi connectivity index (χ0n) is 20.9. The van der Waals surface area contributed by atoms with Crippen molar-refractivity contribution < 1.29 is 14.3 Å². The number of aromatic nitrogens is 1. The minimum Gasteiger partial charge on any atom is -0.492 e. The average Bonchev–Trinajstić information content (AvgIpc) is 3.03. The Morgan fingerprint density at radius 1 is 1.09 bits per heavy atom. The summed E-state index contributed by atoms with van der Waals surface area (Å²) in [6.07, 6.45) is 2.82. The molecule has 0 spiro atoms. The van der Waals surface area contributed by atoms with E-state index < -0.39 is 5.97 Å². The number of methoxy groups -OCH3 is 1. The lowest BCUT2D eigenvalue weighted by Gasteiger charge is -2.29. The lowest BCUT2D eigenvalue weighted by Crippen LogP contribution is -2.35. The van der Waals surface area contributed by atoms with Crippen molar-refractivity contribution in [2.45, 2.75) is 46.2 Å². The third-order valence-corrected chi connectivity index (χ3v) is 7.25. The number of hydrogen-bond donors (Lipinski definition) is 0. The molecule has 1 unspecified atom stereocenters. The Kier molecular flexibility index (Phi) is 7.73.